The normalized spacial score (nSPS) is 11.0. The number of benzene rings is 2. The van der Waals surface area contributed by atoms with Crippen molar-refractivity contribution in [3.63, 3.8) is 0 Å². The number of carbonyl (C=O) groups is 1. The fourth-order valence-electron chi connectivity index (χ4n) is 2.26. The van der Waals surface area contributed by atoms with Gasteiger partial charge in [-0.1, -0.05) is 17.7 Å². The van der Waals surface area contributed by atoms with E-state index in [1.165, 1.54) is 19.1 Å². The minimum atomic E-state index is -0.889. The zero-order valence-electron chi connectivity index (χ0n) is 11.5. The predicted octanol–water partition coefficient (Wildman–Crippen LogP) is 4.56. The Labute approximate surface area is 120 Å². The molecule has 0 atom stereocenters. The van der Waals surface area contributed by atoms with Crippen molar-refractivity contribution >= 4 is 16.8 Å². The average molecular weight is 286 g/mol. The largest absolute Gasteiger partial charge is 0.453 e. The first-order valence-electron chi connectivity index (χ1n) is 6.47. The molecule has 2 aromatic carbocycles. The lowest BCUT2D eigenvalue weighted by Gasteiger charge is -2.04. The van der Waals surface area contributed by atoms with E-state index < -0.39 is 23.0 Å². The molecule has 0 aliphatic heterocycles. The van der Waals surface area contributed by atoms with Gasteiger partial charge < -0.3 is 4.42 Å². The average Bonchev–Trinajstić information content (AvgIpc) is 2.86. The Balaban J connectivity index is 2.15. The molecule has 1 heterocycles. The van der Waals surface area contributed by atoms with Gasteiger partial charge in [0.1, 0.15) is 17.2 Å². The van der Waals surface area contributed by atoms with Crippen LogP contribution >= 0.6 is 0 Å². The van der Waals surface area contributed by atoms with Gasteiger partial charge in [0.15, 0.2) is 5.76 Å². The molecule has 1 aromatic heterocycles. The number of fused-ring (bicyclic) bond motifs is 1. The van der Waals surface area contributed by atoms with Gasteiger partial charge in [0, 0.05) is 5.39 Å². The monoisotopic (exact) mass is 286 g/mol. The van der Waals surface area contributed by atoms with Gasteiger partial charge in [0.05, 0.1) is 5.56 Å². The molecule has 0 aliphatic rings. The molecule has 106 valence electrons. The van der Waals surface area contributed by atoms with Crippen molar-refractivity contribution < 1.29 is 18.0 Å². The Bertz CT molecular complexity index is 863. The van der Waals surface area contributed by atoms with Crippen LogP contribution in [0.3, 0.4) is 0 Å². The first kappa shape index (κ1) is 13.5. The van der Waals surface area contributed by atoms with Crippen LogP contribution in [0.1, 0.15) is 27.2 Å². The fraction of sp³-hybridized carbons (Fsp3) is 0.118. The topological polar surface area (TPSA) is 30.2 Å². The number of hydrogen-bond donors (Lipinski definition) is 0. The van der Waals surface area contributed by atoms with Crippen LogP contribution in [0.5, 0.6) is 0 Å². The Morgan fingerprint density at radius 3 is 2.57 bits per heavy atom. The first-order valence-corrected chi connectivity index (χ1v) is 6.47. The van der Waals surface area contributed by atoms with Crippen molar-refractivity contribution in [2.45, 2.75) is 13.8 Å². The van der Waals surface area contributed by atoms with E-state index >= 15 is 0 Å². The summed E-state index contributed by atoms with van der Waals surface area (Å²) < 4.78 is 33.2. The number of furan rings is 1. The van der Waals surface area contributed by atoms with Gasteiger partial charge in [-0.15, -0.1) is 0 Å². The maximum atomic E-state index is 14.0. The molecule has 0 spiro atoms. The lowest BCUT2D eigenvalue weighted by Crippen LogP contribution is -2.07. The summed E-state index contributed by atoms with van der Waals surface area (Å²) in [6.07, 6.45) is 0. The highest BCUT2D eigenvalue weighted by Crippen LogP contribution is 2.25. The maximum absolute atomic E-state index is 14.0. The van der Waals surface area contributed by atoms with E-state index in [4.69, 9.17) is 4.42 Å². The highest BCUT2D eigenvalue weighted by atomic mass is 19.1. The molecule has 0 unspecified atom stereocenters. The summed E-state index contributed by atoms with van der Waals surface area (Å²) in [6, 6.07) is 9.30. The van der Waals surface area contributed by atoms with Gasteiger partial charge in [-0.2, -0.15) is 0 Å². The van der Waals surface area contributed by atoms with Crippen LogP contribution in [-0.4, -0.2) is 5.78 Å². The second kappa shape index (κ2) is 4.81. The lowest BCUT2D eigenvalue weighted by atomic mass is 10.0. The Morgan fingerprint density at radius 1 is 1.05 bits per heavy atom. The van der Waals surface area contributed by atoms with Gasteiger partial charge in [-0.25, -0.2) is 8.78 Å². The maximum Gasteiger partial charge on any atom is 0.234 e. The number of hydrogen-bond acceptors (Lipinski definition) is 2. The number of rotatable bonds is 2. The second-order valence-corrected chi connectivity index (χ2v) is 5.03. The third-order valence-electron chi connectivity index (χ3n) is 3.41. The Morgan fingerprint density at radius 2 is 1.81 bits per heavy atom. The van der Waals surface area contributed by atoms with Crippen molar-refractivity contribution in [1.82, 2.24) is 0 Å². The van der Waals surface area contributed by atoms with Crippen LogP contribution in [0.25, 0.3) is 11.0 Å². The van der Waals surface area contributed by atoms with E-state index in [0.717, 1.165) is 17.0 Å². The third-order valence-corrected chi connectivity index (χ3v) is 3.41. The van der Waals surface area contributed by atoms with Gasteiger partial charge in [-0.05, 0) is 43.7 Å². The van der Waals surface area contributed by atoms with Crippen molar-refractivity contribution in [2.24, 2.45) is 0 Å². The number of carbonyl (C=O) groups excluding carboxylic acids is 1. The number of ketones is 1. The standard InChI is InChI=1S/C17H12F2O2/c1-9-3-6-13-11(7-9)8-14(21-13)17(20)15-12(18)5-4-10(2)16(15)19/h3-8H,1-2H3. The predicted molar refractivity (Wildman–Crippen MR) is 75.5 cm³/mol. The van der Waals surface area contributed by atoms with E-state index in [-0.39, 0.29) is 11.3 Å². The van der Waals surface area contributed by atoms with Crippen LogP contribution < -0.4 is 0 Å². The molecule has 0 fully saturated rings. The molecule has 2 nitrogen and oxygen atoms in total. The summed E-state index contributed by atoms with van der Waals surface area (Å²) in [5.74, 6) is -2.60. The minimum Gasteiger partial charge on any atom is -0.453 e. The number of halogens is 2. The molecule has 21 heavy (non-hydrogen) atoms. The van der Waals surface area contributed by atoms with E-state index in [1.54, 1.807) is 6.07 Å². The molecular weight excluding hydrogens is 274 g/mol. The summed E-state index contributed by atoms with van der Waals surface area (Å²) in [5, 5.41) is 0.729. The van der Waals surface area contributed by atoms with Crippen molar-refractivity contribution in [3.8, 4) is 0 Å². The summed E-state index contributed by atoms with van der Waals surface area (Å²) in [7, 11) is 0. The quantitative estimate of drug-likeness (QED) is 0.646. The summed E-state index contributed by atoms with van der Waals surface area (Å²) >= 11 is 0. The van der Waals surface area contributed by atoms with E-state index in [0.29, 0.717) is 5.58 Å². The Hall–Kier alpha value is -2.49. The number of aryl methyl sites for hydroxylation is 2. The Kier molecular flexibility index (Phi) is 3.09. The smallest absolute Gasteiger partial charge is 0.234 e. The van der Waals surface area contributed by atoms with Crippen molar-refractivity contribution in [2.75, 3.05) is 0 Å². The summed E-state index contributed by atoms with van der Waals surface area (Å²) in [5.41, 5.74) is 1.16. The molecule has 3 rings (SSSR count). The van der Waals surface area contributed by atoms with Crippen molar-refractivity contribution in [3.05, 3.63) is 70.5 Å². The van der Waals surface area contributed by atoms with E-state index in [2.05, 4.69) is 0 Å². The van der Waals surface area contributed by atoms with Crippen LogP contribution in [0.15, 0.2) is 40.8 Å². The van der Waals surface area contributed by atoms with Gasteiger partial charge >= 0.3 is 0 Å². The SMILES string of the molecule is Cc1ccc2oc(C(=O)c3c(F)ccc(C)c3F)cc2c1. The second-order valence-electron chi connectivity index (χ2n) is 5.03. The highest BCUT2D eigenvalue weighted by Gasteiger charge is 2.23. The van der Waals surface area contributed by atoms with Crippen LogP contribution in [0.4, 0.5) is 8.78 Å². The molecule has 4 heteroatoms. The van der Waals surface area contributed by atoms with Crippen LogP contribution in [-0.2, 0) is 0 Å². The van der Waals surface area contributed by atoms with Crippen LogP contribution in [0, 0.1) is 25.5 Å². The molecule has 0 saturated heterocycles. The molecular formula is C17H12F2O2. The van der Waals surface area contributed by atoms with E-state index in [9.17, 15) is 13.6 Å². The molecule has 0 N–H and O–H groups in total. The van der Waals surface area contributed by atoms with E-state index in [1.807, 2.05) is 19.1 Å². The van der Waals surface area contributed by atoms with Gasteiger partial charge in [0.2, 0.25) is 5.78 Å². The molecule has 0 amide bonds. The highest BCUT2D eigenvalue weighted by molar-refractivity contribution is 6.09. The summed E-state index contributed by atoms with van der Waals surface area (Å²) in [4.78, 5) is 12.3. The molecule has 0 bridgehead atoms. The first-order chi connectivity index (χ1) is 9.97. The van der Waals surface area contributed by atoms with Gasteiger partial charge in [0.25, 0.3) is 0 Å². The minimum absolute atomic E-state index is 0.0704. The molecule has 3 aromatic rings. The van der Waals surface area contributed by atoms with Crippen LogP contribution in [0.2, 0.25) is 0 Å². The molecule has 0 aliphatic carbocycles. The zero-order valence-corrected chi connectivity index (χ0v) is 11.5. The fourth-order valence-corrected chi connectivity index (χ4v) is 2.26. The molecule has 0 saturated carbocycles. The molecule has 0 radical (unpaired) electrons. The summed E-state index contributed by atoms with van der Waals surface area (Å²) in [6.45, 7) is 3.39. The lowest BCUT2D eigenvalue weighted by molar-refractivity contribution is 0.100. The zero-order chi connectivity index (χ0) is 15.1. The van der Waals surface area contributed by atoms with Crippen molar-refractivity contribution in [1.29, 1.82) is 0 Å². The third kappa shape index (κ3) is 2.23. The van der Waals surface area contributed by atoms with Gasteiger partial charge in [-0.3, -0.25) is 4.79 Å².